The summed E-state index contributed by atoms with van der Waals surface area (Å²) in [4.78, 5) is 15.7. The first kappa shape index (κ1) is 12.1. The third kappa shape index (κ3) is 2.48. The second kappa shape index (κ2) is 4.86. The highest BCUT2D eigenvalue weighted by Gasteiger charge is 2.23. The van der Waals surface area contributed by atoms with Gasteiger partial charge in [-0.25, -0.2) is 0 Å². The summed E-state index contributed by atoms with van der Waals surface area (Å²) in [6.07, 6.45) is 5.23. The van der Waals surface area contributed by atoms with Gasteiger partial charge in [0.25, 0.3) is 0 Å². The van der Waals surface area contributed by atoms with E-state index in [1.54, 1.807) is 7.11 Å². The van der Waals surface area contributed by atoms with E-state index in [-0.39, 0.29) is 0 Å². The summed E-state index contributed by atoms with van der Waals surface area (Å²) < 4.78 is 5.40. The first-order chi connectivity index (χ1) is 8.11. The lowest BCUT2D eigenvalue weighted by Crippen LogP contribution is -2.06. The lowest BCUT2D eigenvalue weighted by atomic mass is 9.98. The second-order valence-electron chi connectivity index (χ2n) is 4.90. The number of pyridine rings is 1. The fourth-order valence-electron chi connectivity index (χ4n) is 2.62. The van der Waals surface area contributed by atoms with Crippen LogP contribution in [0.3, 0.4) is 0 Å². The van der Waals surface area contributed by atoms with Crippen LogP contribution in [0.2, 0.25) is 0 Å². The van der Waals surface area contributed by atoms with Crippen LogP contribution in [0.25, 0.3) is 0 Å². The van der Waals surface area contributed by atoms with Crippen molar-refractivity contribution in [1.29, 1.82) is 0 Å². The molecule has 0 saturated heterocycles. The number of carbonyl (C=O) groups is 1. The molecule has 1 heterocycles. The molecule has 0 radical (unpaired) electrons. The zero-order chi connectivity index (χ0) is 12.4. The Morgan fingerprint density at radius 1 is 1.47 bits per heavy atom. The highest BCUT2D eigenvalue weighted by Crippen LogP contribution is 2.29. The van der Waals surface area contributed by atoms with Crippen LogP contribution in [0.15, 0.2) is 6.20 Å². The number of hydrogen-bond donors (Lipinski definition) is 0. The van der Waals surface area contributed by atoms with Crippen molar-refractivity contribution in [3.8, 4) is 5.75 Å². The minimum absolute atomic E-state index is 0.395. The fourth-order valence-corrected chi connectivity index (χ4v) is 2.62. The van der Waals surface area contributed by atoms with Gasteiger partial charge in [-0.1, -0.05) is 0 Å². The molecule has 3 heteroatoms. The minimum atomic E-state index is 0.395. The van der Waals surface area contributed by atoms with Crippen LogP contribution in [0.4, 0.5) is 0 Å². The SMILES string of the molecule is COc1c(C)cnc(CC2CCC(=O)C2)c1C. The van der Waals surface area contributed by atoms with Crippen molar-refractivity contribution in [3.63, 3.8) is 0 Å². The summed E-state index contributed by atoms with van der Waals surface area (Å²) in [7, 11) is 1.69. The van der Waals surface area contributed by atoms with Gasteiger partial charge < -0.3 is 4.74 Å². The number of rotatable bonds is 3. The van der Waals surface area contributed by atoms with Crippen molar-refractivity contribution < 1.29 is 9.53 Å². The first-order valence-corrected chi connectivity index (χ1v) is 6.12. The molecular formula is C14H19NO2. The van der Waals surface area contributed by atoms with Crippen LogP contribution in [-0.4, -0.2) is 17.9 Å². The largest absolute Gasteiger partial charge is 0.496 e. The lowest BCUT2D eigenvalue weighted by Gasteiger charge is -2.14. The molecule has 1 fully saturated rings. The van der Waals surface area contributed by atoms with Crippen molar-refractivity contribution >= 4 is 5.78 Å². The zero-order valence-corrected chi connectivity index (χ0v) is 10.7. The van der Waals surface area contributed by atoms with E-state index in [4.69, 9.17) is 4.74 Å². The average molecular weight is 233 g/mol. The number of carbonyl (C=O) groups excluding carboxylic acids is 1. The van der Waals surface area contributed by atoms with Crippen LogP contribution < -0.4 is 4.74 Å². The topological polar surface area (TPSA) is 39.2 Å². The molecule has 17 heavy (non-hydrogen) atoms. The summed E-state index contributed by atoms with van der Waals surface area (Å²) in [5.41, 5.74) is 3.26. The van der Waals surface area contributed by atoms with Gasteiger partial charge in [-0.3, -0.25) is 9.78 Å². The van der Waals surface area contributed by atoms with Crippen LogP contribution in [0, 0.1) is 19.8 Å². The van der Waals surface area contributed by atoms with Crippen molar-refractivity contribution in [2.24, 2.45) is 5.92 Å². The molecule has 0 aliphatic heterocycles. The summed E-state index contributed by atoms with van der Waals surface area (Å²) in [5, 5.41) is 0. The van der Waals surface area contributed by atoms with E-state index >= 15 is 0 Å². The predicted molar refractivity (Wildman–Crippen MR) is 66.3 cm³/mol. The van der Waals surface area contributed by atoms with Crippen LogP contribution in [-0.2, 0) is 11.2 Å². The molecule has 1 saturated carbocycles. The molecule has 3 nitrogen and oxygen atoms in total. The molecule has 1 aromatic rings. The first-order valence-electron chi connectivity index (χ1n) is 6.12. The van der Waals surface area contributed by atoms with Gasteiger partial charge in [-0.2, -0.15) is 0 Å². The molecule has 1 aliphatic rings. The molecule has 0 N–H and O–H groups in total. The Balaban J connectivity index is 2.19. The lowest BCUT2D eigenvalue weighted by molar-refractivity contribution is -0.117. The molecule has 0 amide bonds. The average Bonchev–Trinajstić information content (AvgIpc) is 2.69. The molecule has 2 rings (SSSR count). The van der Waals surface area contributed by atoms with E-state index in [1.807, 2.05) is 20.0 Å². The third-order valence-corrected chi connectivity index (χ3v) is 3.58. The molecule has 92 valence electrons. The third-order valence-electron chi connectivity index (χ3n) is 3.58. The smallest absolute Gasteiger partial charge is 0.133 e. The Bertz CT molecular complexity index is 440. The maximum absolute atomic E-state index is 11.3. The quantitative estimate of drug-likeness (QED) is 0.805. The maximum Gasteiger partial charge on any atom is 0.133 e. The van der Waals surface area contributed by atoms with Gasteiger partial charge in [-0.15, -0.1) is 0 Å². The van der Waals surface area contributed by atoms with Gasteiger partial charge in [0.15, 0.2) is 0 Å². The Morgan fingerprint density at radius 2 is 2.24 bits per heavy atom. The minimum Gasteiger partial charge on any atom is -0.496 e. The van der Waals surface area contributed by atoms with Crippen LogP contribution in [0.5, 0.6) is 5.75 Å². The van der Waals surface area contributed by atoms with E-state index in [0.717, 1.165) is 48.3 Å². The zero-order valence-electron chi connectivity index (χ0n) is 10.7. The summed E-state index contributed by atoms with van der Waals surface area (Å²) in [5.74, 6) is 1.80. The monoisotopic (exact) mass is 233 g/mol. The fraction of sp³-hybridized carbons (Fsp3) is 0.571. The molecule has 1 aliphatic carbocycles. The summed E-state index contributed by atoms with van der Waals surface area (Å²) >= 11 is 0. The van der Waals surface area contributed by atoms with Crippen molar-refractivity contribution in [3.05, 3.63) is 23.0 Å². The van der Waals surface area contributed by atoms with E-state index < -0.39 is 0 Å². The molecule has 1 aromatic heterocycles. The Kier molecular flexibility index (Phi) is 3.46. The van der Waals surface area contributed by atoms with Gasteiger partial charge >= 0.3 is 0 Å². The van der Waals surface area contributed by atoms with Gasteiger partial charge in [0, 0.05) is 35.9 Å². The van der Waals surface area contributed by atoms with Gasteiger partial charge in [0.05, 0.1) is 7.11 Å². The van der Waals surface area contributed by atoms with Crippen molar-refractivity contribution in [2.45, 2.75) is 39.5 Å². The maximum atomic E-state index is 11.3. The molecule has 0 aromatic carbocycles. The summed E-state index contributed by atoms with van der Waals surface area (Å²) in [6, 6.07) is 0. The highest BCUT2D eigenvalue weighted by molar-refractivity contribution is 5.80. The molecular weight excluding hydrogens is 214 g/mol. The van der Waals surface area contributed by atoms with Gasteiger partial charge in [-0.05, 0) is 32.6 Å². The predicted octanol–water partition coefficient (Wildman–Crippen LogP) is 2.62. The number of hydrogen-bond acceptors (Lipinski definition) is 3. The number of aromatic nitrogens is 1. The normalized spacial score (nSPS) is 19.7. The molecule has 0 bridgehead atoms. The number of nitrogens with zero attached hydrogens (tertiary/aromatic N) is 1. The Labute approximate surface area is 102 Å². The van der Waals surface area contributed by atoms with Crippen molar-refractivity contribution in [2.75, 3.05) is 7.11 Å². The van der Waals surface area contributed by atoms with E-state index in [1.165, 1.54) is 0 Å². The molecule has 1 unspecified atom stereocenters. The van der Waals surface area contributed by atoms with E-state index in [0.29, 0.717) is 11.7 Å². The van der Waals surface area contributed by atoms with E-state index in [2.05, 4.69) is 4.98 Å². The summed E-state index contributed by atoms with van der Waals surface area (Å²) in [6.45, 7) is 4.05. The number of methoxy groups -OCH3 is 1. The second-order valence-corrected chi connectivity index (χ2v) is 4.90. The number of aryl methyl sites for hydroxylation is 1. The highest BCUT2D eigenvalue weighted by atomic mass is 16.5. The van der Waals surface area contributed by atoms with Crippen LogP contribution in [0.1, 0.15) is 36.1 Å². The Morgan fingerprint density at radius 3 is 2.82 bits per heavy atom. The number of ketones is 1. The molecule has 0 spiro atoms. The van der Waals surface area contributed by atoms with Crippen molar-refractivity contribution in [1.82, 2.24) is 4.98 Å². The molecule has 1 atom stereocenters. The van der Waals surface area contributed by atoms with Gasteiger partial charge in [0.2, 0.25) is 0 Å². The van der Waals surface area contributed by atoms with Gasteiger partial charge in [0.1, 0.15) is 11.5 Å². The number of Topliss-reactive ketones (excluding diaryl/α,β-unsaturated/α-hetero) is 1. The van der Waals surface area contributed by atoms with E-state index in [9.17, 15) is 4.79 Å². The Hall–Kier alpha value is -1.38. The van der Waals surface area contributed by atoms with Crippen LogP contribution >= 0.6 is 0 Å². The standard InChI is InChI=1S/C14H19NO2/c1-9-8-15-13(10(2)14(9)17-3)7-11-4-5-12(16)6-11/h8,11H,4-7H2,1-3H3. The number of ether oxygens (including phenoxy) is 1.